The molecule has 1 aliphatic heterocycles. The number of primary amides is 1. The van der Waals surface area contributed by atoms with E-state index in [9.17, 15) is 4.79 Å². The summed E-state index contributed by atoms with van der Waals surface area (Å²) in [6.07, 6.45) is 5.61. The van der Waals surface area contributed by atoms with E-state index in [0.717, 1.165) is 32.4 Å². The van der Waals surface area contributed by atoms with Crippen LogP contribution in [0.3, 0.4) is 0 Å². The van der Waals surface area contributed by atoms with Crippen molar-refractivity contribution >= 4 is 5.91 Å². The summed E-state index contributed by atoms with van der Waals surface area (Å²) in [5.41, 5.74) is 11.9. The Labute approximate surface area is 123 Å². The normalized spacial score (nSPS) is 36.2. The third-order valence-electron chi connectivity index (χ3n) is 5.53. The molecule has 4 unspecified atom stereocenters. The Bertz CT molecular complexity index is 350. The number of likely N-dealkylation sites (tertiary alicyclic amines) is 1. The van der Waals surface area contributed by atoms with Crippen molar-refractivity contribution in [3.8, 4) is 0 Å². The molecule has 4 N–H and O–H groups in total. The quantitative estimate of drug-likeness (QED) is 0.827. The van der Waals surface area contributed by atoms with Crippen molar-refractivity contribution in [2.24, 2.45) is 28.7 Å². The molecule has 2 aliphatic rings. The molecule has 4 nitrogen and oxygen atoms in total. The van der Waals surface area contributed by atoms with Crippen LogP contribution in [0.4, 0.5) is 0 Å². The maximum Gasteiger partial charge on any atom is 0.234 e. The molecule has 1 heterocycles. The highest BCUT2D eigenvalue weighted by molar-refractivity contribution is 5.80. The van der Waals surface area contributed by atoms with E-state index < -0.39 is 0 Å². The number of rotatable bonds is 3. The standard InChI is InChI=1S/C16H31N3O/c1-16(2,3)12-7-6-11(10-17)14(9-12)19-8-4-5-13(19)15(18)20/h11-14H,4-10,17H2,1-3H3,(H2,18,20). The van der Waals surface area contributed by atoms with Crippen LogP contribution in [0.1, 0.15) is 52.9 Å². The van der Waals surface area contributed by atoms with E-state index in [1.807, 2.05) is 0 Å². The van der Waals surface area contributed by atoms with Gasteiger partial charge in [0, 0.05) is 6.04 Å². The fraction of sp³-hybridized carbons (Fsp3) is 0.938. The Balaban J connectivity index is 2.14. The monoisotopic (exact) mass is 281 g/mol. The average Bonchev–Trinajstić information content (AvgIpc) is 2.86. The first kappa shape index (κ1) is 15.8. The molecular formula is C16H31N3O. The van der Waals surface area contributed by atoms with Gasteiger partial charge in [-0.05, 0) is 62.4 Å². The molecule has 1 aliphatic carbocycles. The van der Waals surface area contributed by atoms with E-state index in [4.69, 9.17) is 11.5 Å². The molecule has 2 rings (SSSR count). The lowest BCUT2D eigenvalue weighted by atomic mass is 9.67. The van der Waals surface area contributed by atoms with Crippen LogP contribution in [0.5, 0.6) is 0 Å². The van der Waals surface area contributed by atoms with Gasteiger partial charge in [0.1, 0.15) is 0 Å². The van der Waals surface area contributed by atoms with Crippen LogP contribution >= 0.6 is 0 Å². The van der Waals surface area contributed by atoms with Crippen LogP contribution in [0.15, 0.2) is 0 Å². The number of carbonyl (C=O) groups excluding carboxylic acids is 1. The van der Waals surface area contributed by atoms with Gasteiger partial charge in [-0.2, -0.15) is 0 Å². The van der Waals surface area contributed by atoms with Gasteiger partial charge >= 0.3 is 0 Å². The summed E-state index contributed by atoms with van der Waals surface area (Å²) in [5, 5.41) is 0. The van der Waals surface area contributed by atoms with Crippen LogP contribution < -0.4 is 11.5 Å². The van der Waals surface area contributed by atoms with Crippen LogP contribution in [-0.4, -0.2) is 36.0 Å². The Kier molecular flexibility index (Phi) is 4.75. The average molecular weight is 281 g/mol. The highest BCUT2D eigenvalue weighted by Crippen LogP contribution is 2.42. The lowest BCUT2D eigenvalue weighted by Crippen LogP contribution is -2.53. The van der Waals surface area contributed by atoms with E-state index in [1.165, 1.54) is 12.8 Å². The third-order valence-corrected chi connectivity index (χ3v) is 5.53. The number of carbonyl (C=O) groups is 1. The lowest BCUT2D eigenvalue weighted by Gasteiger charge is -2.46. The maximum absolute atomic E-state index is 11.7. The van der Waals surface area contributed by atoms with Crippen molar-refractivity contribution in [2.75, 3.05) is 13.1 Å². The molecule has 1 amide bonds. The molecule has 0 aromatic rings. The van der Waals surface area contributed by atoms with Crippen molar-refractivity contribution < 1.29 is 4.79 Å². The second kappa shape index (κ2) is 6.02. The SMILES string of the molecule is CC(C)(C)C1CCC(CN)C(N2CCCC2C(N)=O)C1. The Morgan fingerprint density at radius 2 is 1.95 bits per heavy atom. The molecule has 0 bridgehead atoms. The number of hydrogen-bond acceptors (Lipinski definition) is 3. The number of nitrogens with two attached hydrogens (primary N) is 2. The van der Waals surface area contributed by atoms with Crippen molar-refractivity contribution in [1.82, 2.24) is 4.90 Å². The second-order valence-electron chi connectivity index (χ2n) is 7.74. The molecule has 20 heavy (non-hydrogen) atoms. The summed E-state index contributed by atoms with van der Waals surface area (Å²) in [5.74, 6) is 1.08. The zero-order valence-corrected chi connectivity index (χ0v) is 13.3. The van der Waals surface area contributed by atoms with Crippen LogP contribution in [-0.2, 0) is 4.79 Å². The smallest absolute Gasteiger partial charge is 0.234 e. The Morgan fingerprint density at radius 3 is 2.50 bits per heavy atom. The molecule has 0 aromatic heterocycles. The summed E-state index contributed by atoms with van der Waals surface area (Å²) in [6, 6.07) is 0.380. The predicted octanol–water partition coefficient (Wildman–Crippen LogP) is 1.73. The summed E-state index contributed by atoms with van der Waals surface area (Å²) < 4.78 is 0. The number of amides is 1. The van der Waals surface area contributed by atoms with Gasteiger partial charge in [-0.25, -0.2) is 0 Å². The van der Waals surface area contributed by atoms with Gasteiger partial charge in [-0.15, -0.1) is 0 Å². The van der Waals surface area contributed by atoms with E-state index in [1.54, 1.807) is 0 Å². The molecule has 0 radical (unpaired) electrons. The molecule has 2 fully saturated rings. The summed E-state index contributed by atoms with van der Waals surface area (Å²) in [4.78, 5) is 14.1. The minimum absolute atomic E-state index is 0.0623. The second-order valence-corrected chi connectivity index (χ2v) is 7.74. The van der Waals surface area contributed by atoms with Crippen LogP contribution in [0, 0.1) is 17.3 Å². The summed E-state index contributed by atoms with van der Waals surface area (Å²) in [7, 11) is 0. The largest absolute Gasteiger partial charge is 0.368 e. The first-order valence-electron chi connectivity index (χ1n) is 8.09. The van der Waals surface area contributed by atoms with Gasteiger partial charge in [0.15, 0.2) is 0 Å². The van der Waals surface area contributed by atoms with Gasteiger partial charge in [-0.3, -0.25) is 9.69 Å². The fourth-order valence-electron chi connectivity index (χ4n) is 4.17. The Morgan fingerprint density at radius 1 is 1.25 bits per heavy atom. The topological polar surface area (TPSA) is 72.3 Å². The minimum Gasteiger partial charge on any atom is -0.368 e. The first-order chi connectivity index (χ1) is 9.34. The predicted molar refractivity (Wildman–Crippen MR) is 82.1 cm³/mol. The van der Waals surface area contributed by atoms with E-state index in [0.29, 0.717) is 23.3 Å². The number of hydrogen-bond donors (Lipinski definition) is 2. The minimum atomic E-state index is -0.156. The zero-order valence-electron chi connectivity index (χ0n) is 13.3. The number of nitrogens with zero attached hydrogens (tertiary/aromatic N) is 1. The van der Waals surface area contributed by atoms with Crippen LogP contribution in [0.25, 0.3) is 0 Å². The third kappa shape index (κ3) is 3.17. The van der Waals surface area contributed by atoms with Gasteiger partial charge < -0.3 is 11.5 Å². The van der Waals surface area contributed by atoms with E-state index >= 15 is 0 Å². The molecular weight excluding hydrogens is 250 g/mol. The molecule has 0 spiro atoms. The van der Waals surface area contributed by atoms with Gasteiger partial charge in [-0.1, -0.05) is 20.8 Å². The van der Waals surface area contributed by atoms with Crippen molar-refractivity contribution in [3.63, 3.8) is 0 Å². The summed E-state index contributed by atoms with van der Waals surface area (Å²) in [6.45, 7) is 8.71. The van der Waals surface area contributed by atoms with Gasteiger partial charge in [0.2, 0.25) is 5.91 Å². The summed E-state index contributed by atoms with van der Waals surface area (Å²) >= 11 is 0. The molecule has 116 valence electrons. The molecule has 1 saturated heterocycles. The van der Waals surface area contributed by atoms with E-state index in [2.05, 4.69) is 25.7 Å². The fourth-order valence-corrected chi connectivity index (χ4v) is 4.17. The van der Waals surface area contributed by atoms with Crippen molar-refractivity contribution in [1.29, 1.82) is 0 Å². The zero-order chi connectivity index (χ0) is 14.9. The first-order valence-corrected chi connectivity index (χ1v) is 8.09. The highest BCUT2D eigenvalue weighted by Gasteiger charge is 2.42. The maximum atomic E-state index is 11.7. The Hall–Kier alpha value is -0.610. The lowest BCUT2D eigenvalue weighted by molar-refractivity contribution is -0.124. The molecule has 4 heteroatoms. The molecule has 0 aromatic carbocycles. The highest BCUT2D eigenvalue weighted by atomic mass is 16.1. The van der Waals surface area contributed by atoms with Crippen molar-refractivity contribution in [2.45, 2.75) is 65.0 Å². The molecule has 1 saturated carbocycles. The van der Waals surface area contributed by atoms with Gasteiger partial charge in [0.25, 0.3) is 0 Å². The van der Waals surface area contributed by atoms with Crippen molar-refractivity contribution in [3.05, 3.63) is 0 Å². The molecule has 4 atom stereocenters. The van der Waals surface area contributed by atoms with E-state index in [-0.39, 0.29) is 11.9 Å². The van der Waals surface area contributed by atoms with Gasteiger partial charge in [0.05, 0.1) is 6.04 Å². The van der Waals surface area contributed by atoms with Crippen LogP contribution in [0.2, 0.25) is 0 Å².